The maximum atomic E-state index is 13.8. The molecule has 0 saturated carbocycles. The van der Waals surface area contributed by atoms with Crippen LogP contribution in [0.2, 0.25) is 5.02 Å². The monoisotopic (exact) mass is 763 g/mol. The summed E-state index contributed by atoms with van der Waals surface area (Å²) < 4.78 is 42.6. The van der Waals surface area contributed by atoms with Gasteiger partial charge < -0.3 is 19.1 Å². The van der Waals surface area contributed by atoms with Gasteiger partial charge in [0.2, 0.25) is 0 Å². The van der Waals surface area contributed by atoms with Crippen molar-refractivity contribution >= 4 is 66.8 Å². The van der Waals surface area contributed by atoms with E-state index in [1.54, 1.807) is 59.3 Å². The summed E-state index contributed by atoms with van der Waals surface area (Å²) in [6, 6.07) is 16.6. The first-order valence-electron chi connectivity index (χ1n) is 16.3. The lowest BCUT2D eigenvalue weighted by molar-refractivity contribution is -0.140. The van der Waals surface area contributed by atoms with Gasteiger partial charge in [-0.15, -0.1) is 11.8 Å². The zero-order chi connectivity index (χ0) is 37.5. The normalized spacial score (nSPS) is 11.8. The fourth-order valence-electron chi connectivity index (χ4n) is 6.65. The molecule has 6 rings (SSSR count). The average molecular weight is 764 g/mol. The Balaban J connectivity index is 1.31. The highest BCUT2D eigenvalue weighted by Gasteiger charge is 2.30. The minimum Gasteiger partial charge on any atom is -0.507 e. The van der Waals surface area contributed by atoms with Crippen LogP contribution < -0.4 is 0 Å². The van der Waals surface area contributed by atoms with Gasteiger partial charge in [-0.05, 0) is 48.6 Å². The highest BCUT2D eigenvalue weighted by atomic mass is 35.5. The lowest BCUT2D eigenvalue weighted by atomic mass is 9.98. The van der Waals surface area contributed by atoms with Crippen LogP contribution in [0.25, 0.3) is 32.8 Å². The molecule has 3 heterocycles. The van der Waals surface area contributed by atoms with E-state index in [1.807, 2.05) is 37.3 Å². The Hall–Kier alpha value is -4.79. The number of carbonyl (C=O) groups excluding carboxylic acids is 2. The highest BCUT2D eigenvalue weighted by molar-refractivity contribution is 7.98. The van der Waals surface area contributed by atoms with Gasteiger partial charge in [0.1, 0.15) is 11.4 Å². The SMILES string of the molecule is COC(=O)CCc1c(C(=O)OC)n(C)c2c(-c3c(CS(=O)(=O)Cc4cc(CSc5cc(O)c6ccccc6c5)n(C)n4)nn(C)c3C)c(Cl)ccc12. The minimum absolute atomic E-state index is 0.0356. The molecular formula is C37H38ClN5O7S2. The van der Waals surface area contributed by atoms with Gasteiger partial charge in [-0.2, -0.15) is 10.2 Å². The first kappa shape index (κ1) is 37.0. The molecule has 0 amide bonds. The summed E-state index contributed by atoms with van der Waals surface area (Å²) in [5.74, 6) is -1.01. The maximum absolute atomic E-state index is 13.8. The van der Waals surface area contributed by atoms with Crippen LogP contribution in [-0.4, -0.2) is 63.8 Å². The molecule has 0 radical (unpaired) electrons. The van der Waals surface area contributed by atoms with Crippen molar-refractivity contribution in [1.82, 2.24) is 24.1 Å². The van der Waals surface area contributed by atoms with E-state index in [1.165, 1.54) is 26.0 Å². The molecular weight excluding hydrogens is 726 g/mol. The number of fused-ring (bicyclic) bond motifs is 2. The Morgan fingerprint density at radius 1 is 0.923 bits per heavy atom. The van der Waals surface area contributed by atoms with Crippen molar-refractivity contribution in [1.29, 1.82) is 0 Å². The molecule has 0 aliphatic rings. The zero-order valence-corrected chi connectivity index (χ0v) is 31.9. The van der Waals surface area contributed by atoms with E-state index in [4.69, 9.17) is 21.1 Å². The molecule has 1 N–H and O–H groups in total. The third-order valence-electron chi connectivity index (χ3n) is 9.20. The van der Waals surface area contributed by atoms with Gasteiger partial charge in [-0.3, -0.25) is 14.2 Å². The molecule has 12 nitrogen and oxygen atoms in total. The third-order valence-corrected chi connectivity index (χ3v) is 12.0. The molecule has 0 spiro atoms. The van der Waals surface area contributed by atoms with Gasteiger partial charge in [0.15, 0.2) is 9.84 Å². The molecule has 0 fully saturated rings. The third kappa shape index (κ3) is 7.14. The number of carbonyl (C=O) groups is 2. The predicted molar refractivity (Wildman–Crippen MR) is 201 cm³/mol. The Morgan fingerprint density at radius 3 is 2.40 bits per heavy atom. The number of phenols is 1. The molecule has 3 aromatic carbocycles. The number of hydrogen-bond acceptors (Lipinski definition) is 10. The number of esters is 2. The number of aromatic nitrogens is 5. The van der Waals surface area contributed by atoms with Crippen LogP contribution in [0.3, 0.4) is 0 Å². The quantitative estimate of drug-likeness (QED) is 0.109. The predicted octanol–water partition coefficient (Wildman–Crippen LogP) is 6.43. The molecule has 52 heavy (non-hydrogen) atoms. The van der Waals surface area contributed by atoms with Crippen LogP contribution in [0, 0.1) is 6.92 Å². The summed E-state index contributed by atoms with van der Waals surface area (Å²) in [4.78, 5) is 26.0. The summed E-state index contributed by atoms with van der Waals surface area (Å²) >= 11 is 8.42. The molecule has 0 bridgehead atoms. The van der Waals surface area contributed by atoms with E-state index >= 15 is 0 Å². The van der Waals surface area contributed by atoms with E-state index in [0.29, 0.717) is 55.5 Å². The molecule has 0 unspecified atom stereocenters. The Labute approximate surface area is 310 Å². The second-order valence-electron chi connectivity index (χ2n) is 12.5. The van der Waals surface area contributed by atoms with E-state index in [0.717, 1.165) is 21.4 Å². The molecule has 15 heteroatoms. The molecule has 0 aliphatic heterocycles. The second-order valence-corrected chi connectivity index (χ2v) is 16.1. The Kier molecular flexibility index (Phi) is 10.4. The smallest absolute Gasteiger partial charge is 0.354 e. The first-order valence-corrected chi connectivity index (χ1v) is 19.5. The largest absolute Gasteiger partial charge is 0.507 e. The highest BCUT2D eigenvalue weighted by Crippen LogP contribution is 2.42. The molecule has 0 saturated heterocycles. The molecule has 0 aliphatic carbocycles. The van der Waals surface area contributed by atoms with Gasteiger partial charge in [0.25, 0.3) is 0 Å². The van der Waals surface area contributed by atoms with Crippen molar-refractivity contribution in [3.63, 3.8) is 0 Å². The topological polar surface area (TPSA) is 148 Å². The summed E-state index contributed by atoms with van der Waals surface area (Å²) in [5, 5.41) is 22.3. The van der Waals surface area contributed by atoms with Crippen LogP contribution in [0.5, 0.6) is 5.75 Å². The van der Waals surface area contributed by atoms with Gasteiger partial charge in [-0.25, -0.2) is 13.2 Å². The number of phenolic OH excluding ortho intramolecular Hbond substituents is 1. The number of halogens is 1. The van der Waals surface area contributed by atoms with E-state index in [9.17, 15) is 23.1 Å². The summed E-state index contributed by atoms with van der Waals surface area (Å²) in [6.07, 6.45) is 0.242. The van der Waals surface area contributed by atoms with Crippen molar-refractivity contribution in [2.45, 2.75) is 41.9 Å². The van der Waals surface area contributed by atoms with Crippen LogP contribution in [-0.2, 0) is 68.9 Å². The van der Waals surface area contributed by atoms with Crippen LogP contribution in [0.4, 0.5) is 0 Å². The van der Waals surface area contributed by atoms with Crippen molar-refractivity contribution in [2.75, 3.05) is 14.2 Å². The van der Waals surface area contributed by atoms with Crippen molar-refractivity contribution in [2.24, 2.45) is 21.1 Å². The second kappa shape index (κ2) is 14.7. The molecule has 3 aromatic heterocycles. The Bertz CT molecular complexity index is 2480. The number of hydrogen-bond donors (Lipinski definition) is 1. The molecule has 272 valence electrons. The van der Waals surface area contributed by atoms with Gasteiger partial charge in [0, 0.05) is 71.5 Å². The fourth-order valence-corrected chi connectivity index (χ4v) is 9.20. The number of sulfone groups is 1. The minimum atomic E-state index is -3.81. The number of ether oxygens (including phenoxy) is 2. The van der Waals surface area contributed by atoms with E-state index in [2.05, 4.69) is 10.2 Å². The molecule has 6 aromatic rings. The number of rotatable bonds is 12. The van der Waals surface area contributed by atoms with Crippen LogP contribution in [0.1, 0.15) is 45.2 Å². The lowest BCUT2D eigenvalue weighted by Gasteiger charge is -2.12. The van der Waals surface area contributed by atoms with E-state index in [-0.39, 0.29) is 30.0 Å². The average Bonchev–Trinajstić information content (AvgIpc) is 3.69. The maximum Gasteiger partial charge on any atom is 0.354 e. The summed E-state index contributed by atoms with van der Waals surface area (Å²) in [5.41, 5.74) is 4.67. The number of thioether (sulfide) groups is 1. The fraction of sp³-hybridized carbons (Fsp3) is 0.297. The lowest BCUT2D eigenvalue weighted by Crippen LogP contribution is -2.12. The zero-order valence-electron chi connectivity index (χ0n) is 29.6. The number of aryl methyl sites for hydroxylation is 4. The molecule has 0 atom stereocenters. The van der Waals surface area contributed by atoms with Gasteiger partial charge in [-0.1, -0.05) is 41.9 Å². The van der Waals surface area contributed by atoms with Crippen molar-refractivity contribution in [3.8, 4) is 16.9 Å². The van der Waals surface area contributed by atoms with Crippen molar-refractivity contribution < 1.29 is 32.6 Å². The standard InChI is InChI=1S/C37H38ClN5O7S2/c1-21-33(34-29(38)13-11-27-28(12-14-32(45)49-5)36(37(46)50-6)41(2)35(27)34)30(40-42(21)3)20-52(47,48)19-23-16-24(43(4)39-23)18-51-25-15-22-9-7-8-10-26(22)31(44)17-25/h7-11,13,15-17,44H,12,14,18-20H2,1-6H3. The first-order chi connectivity index (χ1) is 24.7. The van der Waals surface area contributed by atoms with Gasteiger partial charge >= 0.3 is 11.9 Å². The number of benzene rings is 3. The van der Waals surface area contributed by atoms with Crippen molar-refractivity contribution in [3.05, 3.63) is 93.7 Å². The summed E-state index contributed by atoms with van der Waals surface area (Å²) in [6.45, 7) is 1.83. The number of nitrogens with zero attached hydrogens (tertiary/aromatic N) is 5. The van der Waals surface area contributed by atoms with Gasteiger partial charge in [0.05, 0.1) is 47.7 Å². The van der Waals surface area contributed by atoms with Crippen LogP contribution >= 0.6 is 23.4 Å². The summed E-state index contributed by atoms with van der Waals surface area (Å²) in [7, 11) is 3.99. The van der Waals surface area contributed by atoms with Crippen LogP contribution in [0.15, 0.2) is 59.5 Å². The number of methoxy groups -OCH3 is 2. The Morgan fingerprint density at radius 2 is 1.67 bits per heavy atom. The van der Waals surface area contributed by atoms with E-state index < -0.39 is 27.5 Å². The number of aromatic hydroxyl groups is 1.